The van der Waals surface area contributed by atoms with Crippen LogP contribution in [0.2, 0.25) is 0 Å². The molecule has 0 bridgehead atoms. The summed E-state index contributed by atoms with van der Waals surface area (Å²) in [6.07, 6.45) is 4.86. The molecule has 1 aromatic rings. The topological polar surface area (TPSA) is 67.4 Å². The minimum Gasteiger partial charge on any atom is -0.497 e. The highest BCUT2D eigenvalue weighted by Crippen LogP contribution is 2.23. The Hall–Kier alpha value is -2.11. The van der Waals surface area contributed by atoms with Crippen molar-refractivity contribution in [3.8, 4) is 5.75 Å². The molecule has 1 aromatic carbocycles. The fourth-order valence-corrected chi connectivity index (χ4v) is 2.46. The van der Waals surface area contributed by atoms with Crippen LogP contribution in [0.4, 0.5) is 4.39 Å². The number of amides is 2. The van der Waals surface area contributed by atoms with E-state index in [0.717, 1.165) is 38.2 Å². The van der Waals surface area contributed by atoms with E-state index in [2.05, 4.69) is 10.9 Å². The molecule has 0 heterocycles. The average Bonchev–Trinajstić information content (AvgIpc) is 2.52. The molecule has 0 spiro atoms. The minimum absolute atomic E-state index is 0.0697. The van der Waals surface area contributed by atoms with Gasteiger partial charge >= 0.3 is 0 Å². The Balaban J connectivity index is 1.90. The summed E-state index contributed by atoms with van der Waals surface area (Å²) in [6.45, 7) is 0. The second-order valence-electron chi connectivity index (χ2n) is 5.12. The summed E-state index contributed by atoms with van der Waals surface area (Å²) in [5, 5.41) is 0. The van der Waals surface area contributed by atoms with Gasteiger partial charge in [0.05, 0.1) is 12.7 Å². The molecular weight excluding hydrogens is 275 g/mol. The Bertz CT molecular complexity index is 528. The van der Waals surface area contributed by atoms with E-state index in [1.54, 1.807) is 0 Å². The zero-order chi connectivity index (χ0) is 15.2. The molecule has 1 saturated carbocycles. The van der Waals surface area contributed by atoms with Crippen molar-refractivity contribution in [1.29, 1.82) is 0 Å². The molecule has 1 aliphatic rings. The summed E-state index contributed by atoms with van der Waals surface area (Å²) in [6, 6.07) is 3.93. The quantitative estimate of drug-likeness (QED) is 0.840. The first-order chi connectivity index (χ1) is 10.1. The summed E-state index contributed by atoms with van der Waals surface area (Å²) >= 11 is 0. The van der Waals surface area contributed by atoms with E-state index in [1.165, 1.54) is 19.2 Å². The maximum Gasteiger partial charge on any atom is 0.272 e. The molecule has 21 heavy (non-hydrogen) atoms. The highest BCUT2D eigenvalue weighted by molar-refractivity contribution is 5.95. The minimum atomic E-state index is -0.696. The van der Waals surface area contributed by atoms with Crippen molar-refractivity contribution in [1.82, 2.24) is 10.9 Å². The maximum absolute atomic E-state index is 13.7. The number of ether oxygens (including phenoxy) is 1. The first-order valence-electron chi connectivity index (χ1n) is 7.05. The van der Waals surface area contributed by atoms with Crippen LogP contribution in [0.25, 0.3) is 0 Å². The Kier molecular flexibility index (Phi) is 5.14. The van der Waals surface area contributed by atoms with Gasteiger partial charge in [-0.05, 0) is 25.0 Å². The van der Waals surface area contributed by atoms with Crippen LogP contribution in [0.1, 0.15) is 42.5 Å². The largest absolute Gasteiger partial charge is 0.497 e. The molecular formula is C15H19FN2O3. The molecule has 2 rings (SSSR count). The molecule has 0 saturated heterocycles. The van der Waals surface area contributed by atoms with Gasteiger partial charge in [0.1, 0.15) is 11.6 Å². The lowest BCUT2D eigenvalue weighted by Gasteiger charge is -2.20. The van der Waals surface area contributed by atoms with E-state index in [4.69, 9.17) is 4.74 Å². The monoisotopic (exact) mass is 294 g/mol. The van der Waals surface area contributed by atoms with Gasteiger partial charge in [-0.3, -0.25) is 20.4 Å². The van der Waals surface area contributed by atoms with Gasteiger partial charge in [0, 0.05) is 12.0 Å². The molecule has 0 aliphatic heterocycles. The smallest absolute Gasteiger partial charge is 0.272 e. The molecule has 2 N–H and O–H groups in total. The second-order valence-corrected chi connectivity index (χ2v) is 5.12. The van der Waals surface area contributed by atoms with E-state index < -0.39 is 11.7 Å². The van der Waals surface area contributed by atoms with Gasteiger partial charge in [0.25, 0.3) is 5.91 Å². The Labute approximate surface area is 122 Å². The van der Waals surface area contributed by atoms with Crippen LogP contribution in [0, 0.1) is 11.7 Å². The van der Waals surface area contributed by atoms with Gasteiger partial charge in [-0.25, -0.2) is 4.39 Å². The van der Waals surface area contributed by atoms with Gasteiger partial charge in [-0.15, -0.1) is 0 Å². The summed E-state index contributed by atoms with van der Waals surface area (Å²) in [7, 11) is 1.42. The van der Waals surface area contributed by atoms with Gasteiger partial charge in [0.15, 0.2) is 0 Å². The molecule has 2 amide bonds. The maximum atomic E-state index is 13.7. The van der Waals surface area contributed by atoms with E-state index in [1.807, 2.05) is 0 Å². The predicted octanol–water partition coefficient (Wildman–Crippen LogP) is 2.18. The summed E-state index contributed by atoms with van der Waals surface area (Å²) in [5.41, 5.74) is 4.49. The van der Waals surface area contributed by atoms with Crippen LogP contribution in [0.15, 0.2) is 18.2 Å². The van der Waals surface area contributed by atoms with Crippen molar-refractivity contribution < 1.29 is 18.7 Å². The van der Waals surface area contributed by atoms with Gasteiger partial charge in [-0.1, -0.05) is 19.3 Å². The number of carbonyl (C=O) groups excluding carboxylic acids is 2. The van der Waals surface area contributed by atoms with Crippen LogP contribution in [0.3, 0.4) is 0 Å². The lowest BCUT2D eigenvalue weighted by atomic mass is 9.89. The standard InChI is InChI=1S/C15H19FN2O3/c1-21-11-7-8-12(13(16)9-11)15(20)18-17-14(19)10-5-3-2-4-6-10/h7-10H,2-6H2,1H3,(H,17,19)(H,18,20). The number of hydrogen-bond donors (Lipinski definition) is 2. The molecule has 1 fully saturated rings. The first-order valence-corrected chi connectivity index (χ1v) is 7.05. The third-order valence-electron chi connectivity index (χ3n) is 3.70. The molecule has 6 heteroatoms. The molecule has 114 valence electrons. The Morgan fingerprint density at radius 2 is 1.90 bits per heavy atom. The third kappa shape index (κ3) is 3.93. The molecule has 0 aromatic heterocycles. The SMILES string of the molecule is COc1ccc(C(=O)NNC(=O)C2CCCCC2)c(F)c1. The summed E-state index contributed by atoms with van der Waals surface area (Å²) in [5.74, 6) is -1.33. The number of methoxy groups -OCH3 is 1. The normalized spacial score (nSPS) is 15.3. The number of rotatable bonds is 3. The van der Waals surface area contributed by atoms with Crippen molar-refractivity contribution in [2.75, 3.05) is 7.11 Å². The number of hydrazine groups is 1. The lowest BCUT2D eigenvalue weighted by molar-refractivity contribution is -0.126. The number of carbonyl (C=O) groups is 2. The molecule has 0 radical (unpaired) electrons. The summed E-state index contributed by atoms with van der Waals surface area (Å²) < 4.78 is 18.6. The fraction of sp³-hybridized carbons (Fsp3) is 0.467. The molecule has 0 atom stereocenters. The Morgan fingerprint density at radius 1 is 1.19 bits per heavy atom. The van der Waals surface area contributed by atoms with Gasteiger partial charge in [0.2, 0.25) is 5.91 Å². The fourth-order valence-electron chi connectivity index (χ4n) is 2.46. The average molecular weight is 294 g/mol. The lowest BCUT2D eigenvalue weighted by Crippen LogP contribution is -2.45. The first kappa shape index (κ1) is 15.3. The van der Waals surface area contributed by atoms with Crippen molar-refractivity contribution in [3.05, 3.63) is 29.6 Å². The van der Waals surface area contributed by atoms with Crippen molar-refractivity contribution in [2.45, 2.75) is 32.1 Å². The van der Waals surface area contributed by atoms with Crippen molar-refractivity contribution in [2.24, 2.45) is 5.92 Å². The third-order valence-corrected chi connectivity index (χ3v) is 3.70. The molecule has 0 unspecified atom stereocenters. The number of nitrogens with one attached hydrogen (secondary N) is 2. The number of benzene rings is 1. The highest BCUT2D eigenvalue weighted by atomic mass is 19.1. The van der Waals surface area contributed by atoms with Crippen LogP contribution >= 0.6 is 0 Å². The Morgan fingerprint density at radius 3 is 2.52 bits per heavy atom. The number of halogens is 1. The zero-order valence-corrected chi connectivity index (χ0v) is 11.9. The van der Waals surface area contributed by atoms with Gasteiger partial charge < -0.3 is 4.74 Å². The second kappa shape index (κ2) is 7.06. The highest BCUT2D eigenvalue weighted by Gasteiger charge is 2.22. The van der Waals surface area contributed by atoms with Crippen LogP contribution in [-0.2, 0) is 4.79 Å². The zero-order valence-electron chi connectivity index (χ0n) is 11.9. The van der Waals surface area contributed by atoms with Crippen molar-refractivity contribution in [3.63, 3.8) is 0 Å². The summed E-state index contributed by atoms with van der Waals surface area (Å²) in [4.78, 5) is 23.7. The van der Waals surface area contributed by atoms with Crippen LogP contribution < -0.4 is 15.6 Å². The number of hydrogen-bond acceptors (Lipinski definition) is 3. The van der Waals surface area contributed by atoms with E-state index in [-0.39, 0.29) is 17.4 Å². The van der Waals surface area contributed by atoms with E-state index in [0.29, 0.717) is 5.75 Å². The molecule has 5 nitrogen and oxygen atoms in total. The van der Waals surface area contributed by atoms with Gasteiger partial charge in [-0.2, -0.15) is 0 Å². The van der Waals surface area contributed by atoms with Crippen LogP contribution in [0.5, 0.6) is 5.75 Å². The van der Waals surface area contributed by atoms with Crippen LogP contribution in [-0.4, -0.2) is 18.9 Å². The predicted molar refractivity (Wildman–Crippen MR) is 75.1 cm³/mol. The molecule has 1 aliphatic carbocycles. The van der Waals surface area contributed by atoms with E-state index >= 15 is 0 Å². The van der Waals surface area contributed by atoms with E-state index in [9.17, 15) is 14.0 Å². The van der Waals surface area contributed by atoms with Crippen molar-refractivity contribution >= 4 is 11.8 Å².